The fourth-order valence-corrected chi connectivity index (χ4v) is 9.33. The zero-order valence-electron chi connectivity index (χ0n) is 11.0. The number of hydrogen-bond donors (Lipinski definition) is 2. The van der Waals surface area contributed by atoms with Gasteiger partial charge in [0.2, 0.25) is 0 Å². The molecule has 0 nitrogen and oxygen atoms in total. The maximum Gasteiger partial charge on any atom is 0.0386 e. The van der Waals surface area contributed by atoms with Crippen LogP contribution >= 0.6 is 21.8 Å². The Hall–Kier alpha value is -0.340. The van der Waals surface area contributed by atoms with Crippen LogP contribution in [-0.2, 0) is 0 Å². The van der Waals surface area contributed by atoms with Crippen molar-refractivity contribution in [3.63, 3.8) is 0 Å². The van der Waals surface area contributed by atoms with Crippen LogP contribution in [0.2, 0.25) is 0 Å². The lowest BCUT2D eigenvalue weighted by Crippen LogP contribution is -2.27. The summed E-state index contributed by atoms with van der Waals surface area (Å²) in [5, 5.41) is 10.1. The van der Waals surface area contributed by atoms with Gasteiger partial charge in [-0.2, -0.15) is 21.8 Å². The molecule has 1 aliphatic carbocycles. The molecule has 0 amide bonds. The smallest absolute Gasteiger partial charge is 0.0386 e. The topological polar surface area (TPSA) is 0 Å². The minimum atomic E-state index is -0.0222. The number of rotatable bonds is 2. The molecule has 3 aliphatic rings. The molecule has 0 aromatic heterocycles. The van der Waals surface area contributed by atoms with Crippen molar-refractivity contribution < 1.29 is 0 Å². The van der Waals surface area contributed by atoms with E-state index < -0.39 is 0 Å². The van der Waals surface area contributed by atoms with Crippen molar-refractivity contribution in [3.8, 4) is 0 Å². The van der Waals surface area contributed by atoms with E-state index in [1.165, 1.54) is 44.9 Å². The first-order valence-electron chi connectivity index (χ1n) is 7.19. The lowest BCUT2D eigenvalue weighted by Gasteiger charge is -2.47. The van der Waals surface area contributed by atoms with Gasteiger partial charge in [0.1, 0.15) is 0 Å². The normalized spacial score (nSPS) is 29.8. The third-order valence-corrected chi connectivity index (χ3v) is 10.5. The molecular weight excluding hydrogens is 256 g/mol. The summed E-state index contributed by atoms with van der Waals surface area (Å²) in [7, 11) is -0.0445. The molecule has 3 rings (SSSR count). The minimum absolute atomic E-state index is 0.0222. The largest absolute Gasteiger partial charge is 0.199 e. The van der Waals surface area contributed by atoms with Gasteiger partial charge in [-0.05, 0) is 34.5 Å². The van der Waals surface area contributed by atoms with E-state index in [1.54, 1.807) is 0 Å². The molecule has 2 heterocycles. The minimum Gasteiger partial charge on any atom is -0.199 e. The Kier molecular flexibility index (Phi) is 4.05. The van der Waals surface area contributed by atoms with E-state index in [1.807, 2.05) is 0 Å². The standard InChI is InChI=1S/C16H24S2/c1-2-4-10-16(11-5-3-1,17-12-6-7-13-17)18-14-8-9-15-18/h6-9,12-15,17-18H,1-5,10-11H2. The van der Waals surface area contributed by atoms with E-state index in [0.717, 1.165) is 0 Å². The molecule has 0 aromatic carbocycles. The fourth-order valence-electron chi connectivity index (χ4n) is 3.35. The third-order valence-electron chi connectivity index (χ3n) is 4.32. The third kappa shape index (κ3) is 2.37. The summed E-state index contributed by atoms with van der Waals surface area (Å²) in [5.74, 6) is 0. The molecule has 0 atom stereocenters. The van der Waals surface area contributed by atoms with Crippen molar-refractivity contribution in [1.29, 1.82) is 0 Å². The molecular formula is C16H24S2. The first-order valence-corrected chi connectivity index (χ1v) is 10.1. The summed E-state index contributed by atoms with van der Waals surface area (Å²) in [4.78, 5) is 0. The number of thiol groups is 2. The first kappa shape index (κ1) is 12.7. The Morgan fingerprint density at radius 1 is 0.556 bits per heavy atom. The van der Waals surface area contributed by atoms with Crippen molar-refractivity contribution in [2.45, 2.75) is 49.0 Å². The highest BCUT2D eigenvalue weighted by Gasteiger charge is 2.38. The van der Waals surface area contributed by atoms with Crippen molar-refractivity contribution in [2.75, 3.05) is 0 Å². The van der Waals surface area contributed by atoms with Crippen molar-refractivity contribution in [1.82, 2.24) is 0 Å². The summed E-state index contributed by atoms with van der Waals surface area (Å²) in [6.45, 7) is 0. The van der Waals surface area contributed by atoms with Gasteiger partial charge in [-0.1, -0.05) is 56.4 Å². The number of hydrogen-bond acceptors (Lipinski definition) is 0. The Morgan fingerprint density at radius 3 is 1.39 bits per heavy atom. The highest BCUT2D eigenvalue weighted by Crippen LogP contribution is 2.66. The zero-order valence-corrected chi connectivity index (χ0v) is 12.8. The van der Waals surface area contributed by atoms with Gasteiger partial charge in [0.25, 0.3) is 0 Å². The summed E-state index contributed by atoms with van der Waals surface area (Å²) in [6.07, 6.45) is 19.3. The van der Waals surface area contributed by atoms with Crippen LogP contribution < -0.4 is 0 Å². The van der Waals surface area contributed by atoms with Crippen LogP contribution in [0.25, 0.3) is 0 Å². The van der Waals surface area contributed by atoms with Gasteiger partial charge < -0.3 is 0 Å². The van der Waals surface area contributed by atoms with Crippen LogP contribution in [0.4, 0.5) is 0 Å². The molecule has 2 aliphatic heterocycles. The van der Waals surface area contributed by atoms with Crippen LogP contribution in [0.5, 0.6) is 0 Å². The van der Waals surface area contributed by atoms with Crippen LogP contribution in [0.3, 0.4) is 0 Å². The van der Waals surface area contributed by atoms with Gasteiger partial charge in [-0.25, -0.2) is 0 Å². The molecule has 1 saturated carbocycles. The van der Waals surface area contributed by atoms with Gasteiger partial charge in [0.05, 0.1) is 0 Å². The van der Waals surface area contributed by atoms with Gasteiger partial charge in [-0.15, -0.1) is 0 Å². The second kappa shape index (κ2) is 5.75. The molecule has 100 valence electrons. The molecule has 1 fully saturated rings. The van der Waals surface area contributed by atoms with Crippen molar-refractivity contribution in [3.05, 3.63) is 45.9 Å². The zero-order chi connectivity index (χ0) is 12.3. The molecule has 0 radical (unpaired) electrons. The van der Waals surface area contributed by atoms with Crippen LogP contribution in [0.1, 0.15) is 44.9 Å². The van der Waals surface area contributed by atoms with E-state index in [9.17, 15) is 0 Å². The van der Waals surface area contributed by atoms with E-state index in [0.29, 0.717) is 4.08 Å². The molecule has 0 bridgehead atoms. The highest BCUT2D eigenvalue weighted by molar-refractivity contribution is 8.39. The molecule has 2 heteroatoms. The molecule has 0 unspecified atom stereocenters. The molecule has 0 spiro atoms. The lowest BCUT2D eigenvalue weighted by molar-refractivity contribution is 0.493. The van der Waals surface area contributed by atoms with E-state index in [4.69, 9.17) is 0 Å². The highest BCUT2D eigenvalue weighted by atomic mass is 32.3. The molecule has 0 aromatic rings. The van der Waals surface area contributed by atoms with Crippen LogP contribution in [0.15, 0.2) is 45.9 Å². The van der Waals surface area contributed by atoms with Gasteiger partial charge in [-0.3, -0.25) is 0 Å². The Bertz CT molecular complexity index is 341. The summed E-state index contributed by atoms with van der Waals surface area (Å²) < 4.78 is 0.595. The monoisotopic (exact) mass is 280 g/mol. The van der Waals surface area contributed by atoms with Crippen molar-refractivity contribution in [2.24, 2.45) is 0 Å². The summed E-state index contributed by atoms with van der Waals surface area (Å²) in [6, 6.07) is 0. The Balaban J connectivity index is 1.89. The van der Waals surface area contributed by atoms with Crippen LogP contribution in [-0.4, -0.2) is 4.08 Å². The quantitative estimate of drug-likeness (QED) is 0.612. The van der Waals surface area contributed by atoms with Gasteiger partial charge in [0.15, 0.2) is 0 Å². The molecule has 18 heavy (non-hydrogen) atoms. The average Bonchev–Trinajstić information content (AvgIpc) is 3.02. The van der Waals surface area contributed by atoms with Gasteiger partial charge in [0, 0.05) is 4.08 Å². The predicted molar refractivity (Wildman–Crippen MR) is 89.6 cm³/mol. The summed E-state index contributed by atoms with van der Waals surface area (Å²) >= 11 is 0. The maximum atomic E-state index is 2.51. The average molecular weight is 281 g/mol. The lowest BCUT2D eigenvalue weighted by atomic mass is 10.00. The molecule has 0 saturated heterocycles. The summed E-state index contributed by atoms with van der Waals surface area (Å²) in [5.41, 5.74) is 0. The van der Waals surface area contributed by atoms with Crippen molar-refractivity contribution >= 4 is 21.8 Å². The second-order valence-electron chi connectivity index (χ2n) is 5.43. The van der Waals surface area contributed by atoms with E-state index >= 15 is 0 Å². The van der Waals surface area contributed by atoms with E-state index in [2.05, 4.69) is 45.9 Å². The fraction of sp³-hybridized carbons (Fsp3) is 0.500. The number of allylic oxidation sites excluding steroid dienone is 4. The molecule has 0 N–H and O–H groups in total. The van der Waals surface area contributed by atoms with Gasteiger partial charge >= 0.3 is 0 Å². The maximum absolute atomic E-state index is 2.51. The van der Waals surface area contributed by atoms with Crippen LogP contribution in [0, 0.1) is 0 Å². The Morgan fingerprint density at radius 2 is 0.944 bits per heavy atom. The SMILES string of the molecule is C1=C[SH](C2([SH]3C=CC=C3)CCCCCCC2)C=C1. The van der Waals surface area contributed by atoms with E-state index in [-0.39, 0.29) is 21.8 Å². The first-order chi connectivity index (χ1) is 8.92. The Labute approximate surface area is 117 Å². The predicted octanol–water partition coefficient (Wildman–Crippen LogP) is 5.51. The second-order valence-corrected chi connectivity index (χ2v) is 10.3.